The minimum absolute atomic E-state index is 0.131. The van der Waals surface area contributed by atoms with E-state index in [1.54, 1.807) is 19.1 Å². The molecule has 1 aromatic rings. The number of hydrogen-bond acceptors (Lipinski definition) is 4. The third-order valence-corrected chi connectivity index (χ3v) is 3.57. The summed E-state index contributed by atoms with van der Waals surface area (Å²) in [6.45, 7) is 1.79. The van der Waals surface area contributed by atoms with Gasteiger partial charge in [0.05, 0.1) is 24.1 Å². The third-order valence-electron chi connectivity index (χ3n) is 2.77. The summed E-state index contributed by atoms with van der Waals surface area (Å²) in [6.07, 6.45) is 1.69. The van der Waals surface area contributed by atoms with Gasteiger partial charge in [-0.2, -0.15) is 0 Å². The molecule has 2 N–H and O–H groups in total. The van der Waals surface area contributed by atoms with Crippen molar-refractivity contribution in [2.45, 2.75) is 23.8 Å². The number of benzene rings is 1. The van der Waals surface area contributed by atoms with Crippen LogP contribution in [-0.4, -0.2) is 42.5 Å². The highest BCUT2D eigenvalue weighted by Crippen LogP contribution is 2.21. The van der Waals surface area contributed by atoms with Crippen LogP contribution in [0.25, 0.3) is 0 Å². The first kappa shape index (κ1) is 16.5. The Kier molecular flexibility index (Phi) is 6.04. The molecule has 1 unspecified atom stereocenters. The van der Waals surface area contributed by atoms with Gasteiger partial charge >= 0.3 is 5.97 Å². The van der Waals surface area contributed by atoms with Gasteiger partial charge in [0.2, 0.25) is 0 Å². The fourth-order valence-electron chi connectivity index (χ4n) is 1.96. The molecule has 0 aliphatic rings. The van der Waals surface area contributed by atoms with Crippen LogP contribution in [0.15, 0.2) is 29.2 Å². The van der Waals surface area contributed by atoms with Crippen molar-refractivity contribution in [3.63, 3.8) is 0 Å². The first-order valence-corrected chi connectivity index (χ1v) is 7.30. The summed E-state index contributed by atoms with van der Waals surface area (Å²) < 4.78 is 5.02. The Morgan fingerprint density at radius 1 is 1.40 bits per heavy atom. The van der Waals surface area contributed by atoms with Gasteiger partial charge < -0.3 is 15.2 Å². The van der Waals surface area contributed by atoms with E-state index in [4.69, 9.17) is 9.84 Å². The summed E-state index contributed by atoms with van der Waals surface area (Å²) in [5.41, 5.74) is -0.406. The molecule has 0 heterocycles. The summed E-state index contributed by atoms with van der Waals surface area (Å²) in [7, 11) is 1.47. The Bertz CT molecular complexity index is 492. The molecule has 6 heteroatoms. The van der Waals surface area contributed by atoms with Crippen molar-refractivity contribution in [1.29, 1.82) is 0 Å². The highest BCUT2D eigenvalue weighted by Gasteiger charge is 2.30. The number of aliphatic carboxylic acids is 1. The molecule has 110 valence electrons. The van der Waals surface area contributed by atoms with Crippen LogP contribution in [-0.2, 0) is 9.53 Å². The SMILES string of the molecule is COCC(C)(CC(=O)O)NC(=O)c1ccccc1SC. The molecule has 0 saturated heterocycles. The van der Waals surface area contributed by atoms with Crippen LogP contribution in [0.1, 0.15) is 23.7 Å². The highest BCUT2D eigenvalue weighted by atomic mass is 32.2. The topological polar surface area (TPSA) is 75.6 Å². The molecule has 1 rings (SSSR count). The molecule has 1 amide bonds. The minimum Gasteiger partial charge on any atom is -0.481 e. The second-order valence-corrected chi connectivity index (χ2v) is 5.57. The van der Waals surface area contributed by atoms with E-state index in [0.717, 1.165) is 4.90 Å². The summed E-state index contributed by atoms with van der Waals surface area (Å²) in [6, 6.07) is 7.20. The van der Waals surface area contributed by atoms with Crippen LogP contribution in [0.2, 0.25) is 0 Å². The number of nitrogens with one attached hydrogen (secondary N) is 1. The van der Waals surface area contributed by atoms with Crippen molar-refractivity contribution in [2.24, 2.45) is 0 Å². The van der Waals surface area contributed by atoms with Crippen molar-refractivity contribution in [2.75, 3.05) is 20.0 Å². The number of methoxy groups -OCH3 is 1. The summed E-state index contributed by atoms with van der Waals surface area (Å²) >= 11 is 1.47. The second kappa shape index (κ2) is 7.31. The predicted molar refractivity (Wildman–Crippen MR) is 78.2 cm³/mol. The van der Waals surface area contributed by atoms with Crippen molar-refractivity contribution in [1.82, 2.24) is 5.32 Å². The fraction of sp³-hybridized carbons (Fsp3) is 0.429. The Balaban J connectivity index is 2.93. The number of rotatable bonds is 7. The molecule has 0 aliphatic heterocycles. The number of hydrogen-bond donors (Lipinski definition) is 2. The van der Waals surface area contributed by atoms with Crippen molar-refractivity contribution >= 4 is 23.6 Å². The van der Waals surface area contributed by atoms with E-state index in [2.05, 4.69) is 5.32 Å². The Labute approximate surface area is 122 Å². The number of thioether (sulfide) groups is 1. The molecular weight excluding hydrogens is 278 g/mol. The van der Waals surface area contributed by atoms with Gasteiger partial charge in [0.15, 0.2) is 0 Å². The number of amides is 1. The predicted octanol–water partition coefficient (Wildman–Crippen LogP) is 2.02. The molecule has 0 radical (unpaired) electrons. The number of carboxylic acid groups (broad SMARTS) is 1. The van der Waals surface area contributed by atoms with E-state index in [1.807, 2.05) is 18.4 Å². The zero-order valence-electron chi connectivity index (χ0n) is 11.8. The van der Waals surface area contributed by atoms with Gasteiger partial charge in [0.1, 0.15) is 0 Å². The first-order chi connectivity index (χ1) is 9.41. The van der Waals surface area contributed by atoms with Crippen LogP contribution in [0.3, 0.4) is 0 Å². The number of carboxylic acids is 1. The van der Waals surface area contributed by atoms with Crippen LogP contribution in [0.4, 0.5) is 0 Å². The van der Waals surface area contributed by atoms with Gasteiger partial charge in [-0.25, -0.2) is 0 Å². The lowest BCUT2D eigenvalue weighted by Crippen LogP contribution is -2.50. The summed E-state index contributed by atoms with van der Waals surface area (Å²) in [4.78, 5) is 24.1. The third kappa shape index (κ3) is 4.54. The van der Waals surface area contributed by atoms with E-state index in [0.29, 0.717) is 5.56 Å². The lowest BCUT2D eigenvalue weighted by atomic mass is 9.98. The van der Waals surface area contributed by atoms with E-state index >= 15 is 0 Å². The van der Waals surface area contributed by atoms with Gasteiger partial charge in [0.25, 0.3) is 5.91 Å². The van der Waals surface area contributed by atoms with Crippen LogP contribution < -0.4 is 5.32 Å². The van der Waals surface area contributed by atoms with Gasteiger partial charge in [-0.15, -0.1) is 11.8 Å². The highest BCUT2D eigenvalue weighted by molar-refractivity contribution is 7.98. The molecular formula is C14H19NO4S. The largest absolute Gasteiger partial charge is 0.481 e. The maximum absolute atomic E-state index is 12.3. The number of carbonyl (C=O) groups is 2. The summed E-state index contributed by atoms with van der Waals surface area (Å²) in [5, 5.41) is 11.7. The van der Waals surface area contributed by atoms with Crippen LogP contribution in [0.5, 0.6) is 0 Å². The molecule has 1 atom stereocenters. The van der Waals surface area contributed by atoms with Crippen LogP contribution >= 0.6 is 11.8 Å². The summed E-state index contributed by atoms with van der Waals surface area (Å²) in [5.74, 6) is -1.28. The average Bonchev–Trinajstić information content (AvgIpc) is 2.37. The standard InChI is InChI=1S/C14H19NO4S/c1-14(9-19-2,8-12(16)17)15-13(18)10-6-4-5-7-11(10)20-3/h4-7H,8-9H2,1-3H3,(H,15,18)(H,16,17). The smallest absolute Gasteiger partial charge is 0.305 e. The molecule has 0 spiro atoms. The molecule has 1 aromatic carbocycles. The Morgan fingerprint density at radius 2 is 2.05 bits per heavy atom. The van der Waals surface area contributed by atoms with Crippen molar-refractivity contribution in [3.05, 3.63) is 29.8 Å². The van der Waals surface area contributed by atoms with Gasteiger partial charge in [-0.1, -0.05) is 12.1 Å². The van der Waals surface area contributed by atoms with E-state index < -0.39 is 11.5 Å². The zero-order chi connectivity index (χ0) is 15.2. The van der Waals surface area contributed by atoms with Gasteiger partial charge in [-0.05, 0) is 25.3 Å². The van der Waals surface area contributed by atoms with Gasteiger partial charge in [0, 0.05) is 12.0 Å². The molecule has 0 bridgehead atoms. The number of ether oxygens (including phenoxy) is 1. The Hall–Kier alpha value is -1.53. The monoisotopic (exact) mass is 297 g/mol. The van der Waals surface area contributed by atoms with Gasteiger partial charge in [-0.3, -0.25) is 9.59 Å². The van der Waals surface area contributed by atoms with Crippen molar-refractivity contribution in [3.8, 4) is 0 Å². The van der Waals surface area contributed by atoms with Crippen LogP contribution in [0, 0.1) is 0 Å². The van der Waals surface area contributed by atoms with E-state index in [-0.39, 0.29) is 18.9 Å². The molecule has 20 heavy (non-hydrogen) atoms. The lowest BCUT2D eigenvalue weighted by molar-refractivity contribution is -0.139. The zero-order valence-corrected chi connectivity index (χ0v) is 12.6. The number of carbonyl (C=O) groups excluding carboxylic acids is 1. The average molecular weight is 297 g/mol. The van der Waals surface area contributed by atoms with Crippen molar-refractivity contribution < 1.29 is 19.4 Å². The fourth-order valence-corrected chi connectivity index (χ4v) is 2.55. The molecule has 5 nitrogen and oxygen atoms in total. The molecule has 0 aromatic heterocycles. The molecule has 0 aliphatic carbocycles. The normalized spacial score (nSPS) is 13.6. The minimum atomic E-state index is -0.983. The Morgan fingerprint density at radius 3 is 2.60 bits per heavy atom. The molecule has 0 fully saturated rings. The van der Waals surface area contributed by atoms with E-state index in [1.165, 1.54) is 18.9 Å². The van der Waals surface area contributed by atoms with E-state index in [9.17, 15) is 9.59 Å². The second-order valence-electron chi connectivity index (χ2n) is 4.72. The quantitative estimate of drug-likeness (QED) is 0.753. The maximum Gasteiger partial charge on any atom is 0.305 e. The molecule has 0 saturated carbocycles. The first-order valence-electron chi connectivity index (χ1n) is 6.08. The lowest BCUT2D eigenvalue weighted by Gasteiger charge is -2.28. The maximum atomic E-state index is 12.3.